The highest BCUT2D eigenvalue weighted by Gasteiger charge is 2.70. The van der Waals surface area contributed by atoms with Crippen molar-refractivity contribution in [3.63, 3.8) is 0 Å². The summed E-state index contributed by atoms with van der Waals surface area (Å²) in [5, 5.41) is 18.8. The van der Waals surface area contributed by atoms with Gasteiger partial charge in [0.25, 0.3) is 0 Å². The van der Waals surface area contributed by atoms with Crippen LogP contribution in [0.1, 0.15) is 11.8 Å². The van der Waals surface area contributed by atoms with E-state index in [0.29, 0.717) is 6.42 Å². The number of nitrogens with two attached hydrogens (primary N) is 1. The van der Waals surface area contributed by atoms with Crippen LogP contribution >= 0.6 is 11.8 Å². The van der Waals surface area contributed by atoms with E-state index in [2.05, 4.69) is 9.97 Å². The standard InChI is InChI=1S/C8H10N4O3S/c9-6-10-2-12(7(14)11-6)3-1-8(15)4(13)5(8)16-3/h2-5,13,15H,1H2,(H2,9,11,14). The Kier molecular flexibility index (Phi) is 1.86. The van der Waals surface area contributed by atoms with E-state index in [1.807, 2.05) is 0 Å². The van der Waals surface area contributed by atoms with Crippen molar-refractivity contribution in [3.8, 4) is 0 Å². The number of hydrogen-bond acceptors (Lipinski definition) is 7. The first-order valence-electron chi connectivity index (χ1n) is 4.79. The lowest BCUT2D eigenvalue weighted by Crippen LogP contribution is -2.28. The van der Waals surface area contributed by atoms with E-state index in [9.17, 15) is 15.0 Å². The van der Waals surface area contributed by atoms with Gasteiger partial charge in [-0.3, -0.25) is 4.57 Å². The van der Waals surface area contributed by atoms with Crippen molar-refractivity contribution in [2.75, 3.05) is 5.73 Å². The molecule has 1 aromatic rings. The van der Waals surface area contributed by atoms with Crippen molar-refractivity contribution in [1.82, 2.24) is 14.5 Å². The lowest BCUT2D eigenvalue weighted by Gasteiger charge is -2.15. The van der Waals surface area contributed by atoms with Crippen molar-refractivity contribution < 1.29 is 10.2 Å². The van der Waals surface area contributed by atoms with Crippen LogP contribution in [-0.2, 0) is 0 Å². The second-order valence-electron chi connectivity index (χ2n) is 4.06. The third kappa shape index (κ3) is 1.20. The summed E-state index contributed by atoms with van der Waals surface area (Å²) in [4.78, 5) is 18.8. The number of aliphatic hydroxyl groups excluding tert-OH is 1. The van der Waals surface area contributed by atoms with E-state index in [0.717, 1.165) is 0 Å². The van der Waals surface area contributed by atoms with Crippen LogP contribution in [0.2, 0.25) is 0 Å². The molecule has 0 spiro atoms. The van der Waals surface area contributed by atoms with Crippen LogP contribution in [0, 0.1) is 0 Å². The van der Waals surface area contributed by atoms with Gasteiger partial charge in [-0.15, -0.1) is 11.8 Å². The summed E-state index contributed by atoms with van der Waals surface area (Å²) in [6, 6.07) is 0. The molecule has 0 amide bonds. The van der Waals surface area contributed by atoms with Crippen LogP contribution in [-0.4, -0.2) is 41.7 Å². The molecule has 7 nitrogen and oxygen atoms in total. The maximum atomic E-state index is 11.5. The Morgan fingerprint density at radius 3 is 3.00 bits per heavy atom. The number of aliphatic hydroxyl groups is 2. The van der Waals surface area contributed by atoms with Gasteiger partial charge in [0.2, 0.25) is 5.95 Å². The molecule has 1 aliphatic heterocycles. The third-order valence-electron chi connectivity index (χ3n) is 3.04. The van der Waals surface area contributed by atoms with Gasteiger partial charge < -0.3 is 15.9 Å². The maximum Gasteiger partial charge on any atom is 0.353 e. The molecule has 4 N–H and O–H groups in total. The highest BCUT2D eigenvalue weighted by molar-refractivity contribution is 8.00. The van der Waals surface area contributed by atoms with E-state index in [1.54, 1.807) is 0 Å². The van der Waals surface area contributed by atoms with Gasteiger partial charge in [-0.05, 0) is 0 Å². The Hall–Kier alpha value is -1.12. The molecule has 1 aromatic heterocycles. The molecular formula is C8H10N4O3S. The van der Waals surface area contributed by atoms with Crippen LogP contribution in [0.25, 0.3) is 0 Å². The van der Waals surface area contributed by atoms with Crippen molar-refractivity contribution >= 4 is 17.7 Å². The van der Waals surface area contributed by atoms with Crippen molar-refractivity contribution in [3.05, 3.63) is 16.8 Å². The van der Waals surface area contributed by atoms with Gasteiger partial charge in [0.15, 0.2) is 0 Å². The summed E-state index contributed by atoms with van der Waals surface area (Å²) in [7, 11) is 0. The lowest BCUT2D eigenvalue weighted by atomic mass is 10.2. The van der Waals surface area contributed by atoms with Gasteiger partial charge >= 0.3 is 5.69 Å². The van der Waals surface area contributed by atoms with Crippen LogP contribution in [0.3, 0.4) is 0 Å². The fourth-order valence-corrected chi connectivity index (χ4v) is 3.77. The minimum absolute atomic E-state index is 0.0619. The fourth-order valence-electron chi connectivity index (χ4n) is 2.02. The molecule has 0 radical (unpaired) electrons. The highest BCUT2D eigenvalue weighted by atomic mass is 32.2. The molecule has 2 aliphatic rings. The molecule has 4 atom stereocenters. The van der Waals surface area contributed by atoms with Crippen molar-refractivity contribution in [2.45, 2.75) is 28.7 Å². The first kappa shape index (κ1) is 10.1. The molecule has 8 heteroatoms. The maximum absolute atomic E-state index is 11.5. The van der Waals surface area contributed by atoms with E-state index < -0.39 is 17.4 Å². The Bertz CT molecular complexity index is 506. The summed E-state index contributed by atoms with van der Waals surface area (Å²) in [5.74, 6) is -0.0619. The minimum Gasteiger partial charge on any atom is -0.389 e. The SMILES string of the molecule is Nc1ncn(C2CC3(O)C(O)C3S2)c(=O)n1. The van der Waals surface area contributed by atoms with Gasteiger partial charge in [0, 0.05) is 6.42 Å². The van der Waals surface area contributed by atoms with E-state index in [-0.39, 0.29) is 16.6 Å². The zero-order valence-electron chi connectivity index (χ0n) is 8.15. The van der Waals surface area contributed by atoms with Gasteiger partial charge in [-0.2, -0.15) is 4.98 Å². The van der Waals surface area contributed by atoms with Crippen LogP contribution in [0.4, 0.5) is 5.95 Å². The number of nitrogen functional groups attached to an aromatic ring is 1. The number of fused-ring (bicyclic) bond motifs is 1. The molecule has 0 aromatic carbocycles. The molecule has 2 fully saturated rings. The Labute approximate surface area is 94.3 Å². The third-order valence-corrected chi connectivity index (χ3v) is 4.71. The minimum atomic E-state index is -1.05. The average molecular weight is 242 g/mol. The predicted molar refractivity (Wildman–Crippen MR) is 56.7 cm³/mol. The fraction of sp³-hybridized carbons (Fsp3) is 0.625. The van der Waals surface area contributed by atoms with Gasteiger partial charge in [-0.1, -0.05) is 0 Å². The zero-order valence-corrected chi connectivity index (χ0v) is 8.96. The smallest absolute Gasteiger partial charge is 0.353 e. The Morgan fingerprint density at radius 1 is 1.69 bits per heavy atom. The second kappa shape index (κ2) is 2.96. The molecule has 0 bridgehead atoms. The number of thioether (sulfide) groups is 1. The molecule has 1 aliphatic carbocycles. The predicted octanol–water partition coefficient (Wildman–Crippen LogP) is -1.67. The van der Waals surface area contributed by atoms with E-state index in [1.165, 1.54) is 22.7 Å². The van der Waals surface area contributed by atoms with Crippen LogP contribution in [0.5, 0.6) is 0 Å². The van der Waals surface area contributed by atoms with E-state index >= 15 is 0 Å². The molecule has 4 unspecified atom stereocenters. The lowest BCUT2D eigenvalue weighted by molar-refractivity contribution is 0.0761. The first-order chi connectivity index (χ1) is 7.52. The zero-order chi connectivity index (χ0) is 11.5. The second-order valence-corrected chi connectivity index (χ2v) is 5.38. The van der Waals surface area contributed by atoms with Crippen molar-refractivity contribution in [1.29, 1.82) is 0 Å². The Balaban J connectivity index is 1.88. The van der Waals surface area contributed by atoms with Crippen LogP contribution in [0.15, 0.2) is 11.1 Å². The Morgan fingerprint density at radius 2 is 2.44 bits per heavy atom. The van der Waals surface area contributed by atoms with Crippen LogP contribution < -0.4 is 11.4 Å². The number of hydrogen-bond donors (Lipinski definition) is 3. The summed E-state index contributed by atoms with van der Waals surface area (Å²) in [6.07, 6.45) is 0.971. The summed E-state index contributed by atoms with van der Waals surface area (Å²) < 4.78 is 1.33. The van der Waals surface area contributed by atoms with Crippen molar-refractivity contribution in [2.24, 2.45) is 0 Å². The molecule has 3 rings (SSSR count). The molecule has 1 saturated carbocycles. The quantitative estimate of drug-likeness (QED) is 0.539. The largest absolute Gasteiger partial charge is 0.389 e. The summed E-state index contributed by atoms with van der Waals surface area (Å²) >= 11 is 1.36. The molecular weight excluding hydrogens is 232 g/mol. The number of rotatable bonds is 1. The van der Waals surface area contributed by atoms with Gasteiger partial charge in [0.1, 0.15) is 11.9 Å². The molecule has 1 saturated heterocycles. The number of anilines is 1. The topological polar surface area (TPSA) is 114 Å². The molecule has 16 heavy (non-hydrogen) atoms. The number of aromatic nitrogens is 3. The number of nitrogens with zero attached hydrogens (tertiary/aromatic N) is 3. The summed E-state index contributed by atoms with van der Waals surface area (Å²) in [6.45, 7) is 0. The van der Waals surface area contributed by atoms with E-state index in [4.69, 9.17) is 5.73 Å². The molecule has 86 valence electrons. The monoisotopic (exact) mass is 242 g/mol. The normalized spacial score (nSPS) is 40.8. The van der Waals surface area contributed by atoms with Gasteiger partial charge in [-0.25, -0.2) is 9.78 Å². The first-order valence-corrected chi connectivity index (χ1v) is 5.73. The summed E-state index contributed by atoms with van der Waals surface area (Å²) in [5.41, 5.74) is 3.75. The van der Waals surface area contributed by atoms with Gasteiger partial charge in [0.05, 0.1) is 16.7 Å². The average Bonchev–Trinajstić information content (AvgIpc) is 2.58. The highest BCUT2D eigenvalue weighted by Crippen LogP contribution is 2.61. The molecule has 2 heterocycles.